The maximum absolute atomic E-state index is 6.22. The van der Waals surface area contributed by atoms with E-state index >= 15 is 0 Å². The van der Waals surface area contributed by atoms with Crippen LogP contribution in [-0.4, -0.2) is 42.9 Å². The summed E-state index contributed by atoms with van der Waals surface area (Å²) in [5, 5.41) is 8.11. The second-order valence-corrected chi connectivity index (χ2v) is 7.70. The van der Waals surface area contributed by atoms with Crippen LogP contribution in [0.5, 0.6) is 0 Å². The molecule has 1 atom stereocenters. The summed E-state index contributed by atoms with van der Waals surface area (Å²) in [6, 6.07) is 14.5. The molecule has 1 saturated heterocycles. The van der Waals surface area contributed by atoms with Gasteiger partial charge in [-0.2, -0.15) is 0 Å². The fraction of sp³-hybridized carbons (Fsp3) is 0.381. The molecule has 4 nitrogen and oxygen atoms in total. The molecule has 2 aromatic rings. The molecule has 0 aromatic heterocycles. The summed E-state index contributed by atoms with van der Waals surface area (Å²) in [7, 11) is 0. The largest absolute Gasteiger partial charge is 0.379 e. The van der Waals surface area contributed by atoms with Gasteiger partial charge in [0, 0.05) is 30.3 Å². The van der Waals surface area contributed by atoms with Crippen molar-refractivity contribution in [2.45, 2.75) is 19.9 Å². The van der Waals surface area contributed by atoms with Crippen molar-refractivity contribution in [1.29, 1.82) is 0 Å². The van der Waals surface area contributed by atoms with Crippen LogP contribution in [-0.2, 0) is 4.74 Å². The van der Waals surface area contributed by atoms with Crippen LogP contribution in [0.2, 0.25) is 5.02 Å². The van der Waals surface area contributed by atoms with E-state index in [1.807, 2.05) is 25.1 Å². The van der Waals surface area contributed by atoms with Crippen LogP contribution in [0.3, 0.4) is 0 Å². The van der Waals surface area contributed by atoms with Gasteiger partial charge in [0.1, 0.15) is 0 Å². The molecule has 6 heteroatoms. The molecule has 0 spiro atoms. The molecule has 1 heterocycles. The summed E-state index contributed by atoms with van der Waals surface area (Å²) in [6.07, 6.45) is 0. The van der Waals surface area contributed by atoms with Gasteiger partial charge in [0.25, 0.3) is 0 Å². The number of morpholine rings is 1. The number of aryl methyl sites for hydroxylation is 1. The monoisotopic (exact) mass is 403 g/mol. The first-order valence-electron chi connectivity index (χ1n) is 9.22. The molecule has 0 bridgehead atoms. The molecule has 0 radical (unpaired) electrons. The molecule has 1 aliphatic rings. The quantitative estimate of drug-likeness (QED) is 0.727. The van der Waals surface area contributed by atoms with Crippen molar-refractivity contribution < 1.29 is 4.74 Å². The van der Waals surface area contributed by atoms with Crippen LogP contribution in [0.25, 0.3) is 0 Å². The van der Waals surface area contributed by atoms with Crippen LogP contribution in [0.15, 0.2) is 42.5 Å². The number of nitrogens with zero attached hydrogens (tertiary/aromatic N) is 1. The number of hydrogen-bond acceptors (Lipinski definition) is 3. The van der Waals surface area contributed by atoms with Gasteiger partial charge in [0.2, 0.25) is 0 Å². The molecule has 0 saturated carbocycles. The average Bonchev–Trinajstić information content (AvgIpc) is 2.66. The van der Waals surface area contributed by atoms with Crippen LogP contribution < -0.4 is 10.6 Å². The minimum Gasteiger partial charge on any atom is -0.379 e. The fourth-order valence-corrected chi connectivity index (χ4v) is 3.56. The number of rotatable bonds is 5. The number of anilines is 1. The highest BCUT2D eigenvalue weighted by Crippen LogP contribution is 2.23. The number of benzene rings is 2. The second-order valence-electron chi connectivity index (χ2n) is 6.89. The molecule has 0 unspecified atom stereocenters. The zero-order valence-corrected chi connectivity index (χ0v) is 17.4. The lowest BCUT2D eigenvalue weighted by atomic mass is 10.0. The van der Waals surface area contributed by atoms with E-state index in [1.165, 1.54) is 11.1 Å². The summed E-state index contributed by atoms with van der Waals surface area (Å²) in [4.78, 5) is 2.41. The first-order chi connectivity index (χ1) is 13.0. The zero-order chi connectivity index (χ0) is 19.2. The third kappa shape index (κ3) is 5.66. The van der Waals surface area contributed by atoms with Gasteiger partial charge in [-0.25, -0.2) is 0 Å². The van der Waals surface area contributed by atoms with Crippen LogP contribution in [0.1, 0.15) is 22.7 Å². The van der Waals surface area contributed by atoms with Gasteiger partial charge >= 0.3 is 0 Å². The minimum atomic E-state index is 0.100. The smallest absolute Gasteiger partial charge is 0.171 e. The Morgan fingerprint density at radius 3 is 2.56 bits per heavy atom. The van der Waals surface area contributed by atoms with Crippen molar-refractivity contribution in [2.75, 3.05) is 38.2 Å². The van der Waals surface area contributed by atoms with Gasteiger partial charge in [-0.3, -0.25) is 4.90 Å². The van der Waals surface area contributed by atoms with E-state index in [4.69, 9.17) is 28.6 Å². The van der Waals surface area contributed by atoms with E-state index in [-0.39, 0.29) is 6.04 Å². The van der Waals surface area contributed by atoms with Crippen molar-refractivity contribution in [3.63, 3.8) is 0 Å². The van der Waals surface area contributed by atoms with Crippen LogP contribution in [0.4, 0.5) is 5.69 Å². The van der Waals surface area contributed by atoms with Crippen molar-refractivity contribution in [2.24, 2.45) is 0 Å². The number of halogens is 1. The van der Waals surface area contributed by atoms with E-state index < -0.39 is 0 Å². The highest BCUT2D eigenvalue weighted by molar-refractivity contribution is 7.80. The predicted octanol–water partition coefficient (Wildman–Crippen LogP) is 4.32. The highest BCUT2D eigenvalue weighted by atomic mass is 35.5. The normalized spacial score (nSPS) is 16.0. The summed E-state index contributed by atoms with van der Waals surface area (Å²) < 4.78 is 5.47. The molecule has 0 aliphatic carbocycles. The number of thiocarbonyl (C=S) groups is 1. The minimum absolute atomic E-state index is 0.100. The molecule has 2 aromatic carbocycles. The van der Waals surface area contributed by atoms with E-state index in [0.717, 1.165) is 49.1 Å². The Bertz CT molecular complexity index is 775. The molecule has 3 rings (SSSR count). The number of hydrogen-bond donors (Lipinski definition) is 2. The number of nitrogens with one attached hydrogen (secondary N) is 2. The Labute approximate surface area is 171 Å². The summed E-state index contributed by atoms with van der Waals surface area (Å²) >= 11 is 11.8. The SMILES string of the molecule is Cc1ccc([C@H](CN2CCOCC2)NC(=S)Nc2cccc(Cl)c2C)cc1. The third-order valence-electron chi connectivity index (χ3n) is 4.85. The van der Waals surface area contributed by atoms with Gasteiger partial charge in [-0.15, -0.1) is 0 Å². The molecule has 0 amide bonds. The van der Waals surface area contributed by atoms with E-state index in [9.17, 15) is 0 Å². The second kappa shape index (κ2) is 9.51. The molecule has 2 N–H and O–H groups in total. The highest BCUT2D eigenvalue weighted by Gasteiger charge is 2.19. The van der Waals surface area contributed by atoms with E-state index in [2.05, 4.69) is 46.7 Å². The lowest BCUT2D eigenvalue weighted by molar-refractivity contribution is 0.0344. The van der Waals surface area contributed by atoms with E-state index in [1.54, 1.807) is 0 Å². The Kier molecular flexibility index (Phi) is 7.07. The predicted molar refractivity (Wildman–Crippen MR) is 117 cm³/mol. The summed E-state index contributed by atoms with van der Waals surface area (Å²) in [6.45, 7) is 8.41. The first-order valence-corrected chi connectivity index (χ1v) is 10.0. The van der Waals surface area contributed by atoms with Crippen LogP contribution >= 0.6 is 23.8 Å². The average molecular weight is 404 g/mol. The molecule has 1 aliphatic heterocycles. The fourth-order valence-electron chi connectivity index (χ4n) is 3.13. The topological polar surface area (TPSA) is 36.5 Å². The Morgan fingerprint density at radius 2 is 1.85 bits per heavy atom. The van der Waals surface area contributed by atoms with Gasteiger partial charge < -0.3 is 15.4 Å². The van der Waals surface area contributed by atoms with Gasteiger partial charge in [0.05, 0.1) is 19.3 Å². The molecular formula is C21H26ClN3OS. The summed E-state index contributed by atoms with van der Waals surface area (Å²) in [5.41, 5.74) is 4.38. The molecule has 27 heavy (non-hydrogen) atoms. The van der Waals surface area contributed by atoms with Crippen molar-refractivity contribution in [1.82, 2.24) is 10.2 Å². The van der Waals surface area contributed by atoms with Gasteiger partial charge in [-0.05, 0) is 49.3 Å². The zero-order valence-electron chi connectivity index (χ0n) is 15.8. The van der Waals surface area contributed by atoms with Crippen molar-refractivity contribution >= 4 is 34.6 Å². The Morgan fingerprint density at radius 1 is 1.15 bits per heavy atom. The lowest BCUT2D eigenvalue weighted by Crippen LogP contribution is -2.44. The first kappa shape index (κ1) is 20.1. The van der Waals surface area contributed by atoms with Crippen molar-refractivity contribution in [3.05, 3.63) is 64.2 Å². The van der Waals surface area contributed by atoms with Crippen LogP contribution in [0, 0.1) is 13.8 Å². The Hall–Kier alpha value is -1.66. The third-order valence-corrected chi connectivity index (χ3v) is 5.47. The van der Waals surface area contributed by atoms with Crippen molar-refractivity contribution in [3.8, 4) is 0 Å². The Balaban J connectivity index is 1.72. The van der Waals surface area contributed by atoms with Gasteiger partial charge in [0.15, 0.2) is 5.11 Å². The maximum atomic E-state index is 6.22. The maximum Gasteiger partial charge on any atom is 0.171 e. The molecule has 1 fully saturated rings. The summed E-state index contributed by atoms with van der Waals surface area (Å²) in [5.74, 6) is 0. The molecule has 144 valence electrons. The number of ether oxygens (including phenoxy) is 1. The lowest BCUT2D eigenvalue weighted by Gasteiger charge is -2.31. The van der Waals surface area contributed by atoms with Gasteiger partial charge in [-0.1, -0.05) is 47.5 Å². The standard InChI is InChI=1S/C21H26ClN3OS/c1-15-6-8-17(9-7-15)20(14-25-10-12-26-13-11-25)24-21(27)23-19-5-3-4-18(22)16(19)2/h3-9,20H,10-14H2,1-2H3,(H2,23,24,27)/t20-/m0/s1. The van der Waals surface area contributed by atoms with E-state index in [0.29, 0.717) is 5.11 Å². The molecular weight excluding hydrogens is 378 g/mol.